The molecule has 0 spiro atoms. The van der Waals surface area contributed by atoms with Crippen LogP contribution in [0.5, 0.6) is 0 Å². The smallest absolute Gasteiger partial charge is 0.219 e. The van der Waals surface area contributed by atoms with Gasteiger partial charge in [-0.15, -0.1) is 0 Å². The van der Waals surface area contributed by atoms with Crippen LogP contribution in [0.3, 0.4) is 0 Å². The van der Waals surface area contributed by atoms with E-state index in [1.165, 1.54) is 0 Å². The van der Waals surface area contributed by atoms with Crippen molar-refractivity contribution in [1.29, 1.82) is 0 Å². The van der Waals surface area contributed by atoms with E-state index in [2.05, 4.69) is 0 Å². The summed E-state index contributed by atoms with van der Waals surface area (Å²) in [4.78, 5) is 10.4. The van der Waals surface area contributed by atoms with E-state index in [1.807, 2.05) is 24.3 Å². The van der Waals surface area contributed by atoms with Gasteiger partial charge in [-0.1, -0.05) is 23.7 Å². The lowest BCUT2D eigenvalue weighted by Crippen LogP contribution is -2.14. The Balaban J connectivity index is 2.17. The molecular formula is C11H14ClNO2. The lowest BCUT2D eigenvalue weighted by atomic mass is 10.2. The molecule has 4 heteroatoms. The summed E-state index contributed by atoms with van der Waals surface area (Å²) in [5, 5.41) is 0.727. The predicted octanol–water partition coefficient (Wildman–Crippen LogP) is 1.77. The third kappa shape index (κ3) is 5.40. The largest absolute Gasteiger partial charge is 0.381 e. The molecule has 82 valence electrons. The van der Waals surface area contributed by atoms with E-state index in [-0.39, 0.29) is 12.3 Å². The molecule has 0 atom stereocenters. The maximum atomic E-state index is 10.4. The molecule has 0 heterocycles. The van der Waals surface area contributed by atoms with E-state index >= 15 is 0 Å². The van der Waals surface area contributed by atoms with Gasteiger partial charge < -0.3 is 10.5 Å². The molecular weight excluding hydrogens is 214 g/mol. The summed E-state index contributed by atoms with van der Waals surface area (Å²) in [5.74, 6) is -0.335. The zero-order valence-electron chi connectivity index (χ0n) is 8.41. The van der Waals surface area contributed by atoms with Gasteiger partial charge in [0.1, 0.15) is 0 Å². The summed E-state index contributed by atoms with van der Waals surface area (Å²) >= 11 is 5.82. The molecule has 3 nitrogen and oxygen atoms in total. The van der Waals surface area contributed by atoms with Gasteiger partial charge in [0.05, 0.1) is 13.2 Å². The molecule has 1 aromatic carbocycles. The van der Waals surface area contributed by atoms with Crippen molar-refractivity contribution >= 4 is 17.5 Å². The van der Waals surface area contributed by atoms with Crippen LogP contribution in [0, 0.1) is 0 Å². The maximum Gasteiger partial charge on any atom is 0.219 e. The molecule has 0 saturated heterocycles. The normalized spacial score (nSPS) is 10.2. The average Bonchev–Trinajstić information content (AvgIpc) is 2.17. The van der Waals surface area contributed by atoms with Gasteiger partial charge in [-0.25, -0.2) is 0 Å². The van der Waals surface area contributed by atoms with Crippen molar-refractivity contribution < 1.29 is 9.53 Å². The lowest BCUT2D eigenvalue weighted by molar-refractivity contribution is -0.119. The number of primary amides is 1. The van der Waals surface area contributed by atoms with Gasteiger partial charge in [0.2, 0.25) is 5.91 Å². The van der Waals surface area contributed by atoms with E-state index in [4.69, 9.17) is 22.1 Å². The molecule has 0 aromatic heterocycles. The fourth-order valence-electron chi connectivity index (χ4n) is 1.16. The number of hydrogen-bond acceptors (Lipinski definition) is 2. The molecule has 1 aromatic rings. The molecule has 1 amide bonds. The highest BCUT2D eigenvalue weighted by molar-refractivity contribution is 6.30. The van der Waals surface area contributed by atoms with Crippen LogP contribution in [-0.4, -0.2) is 19.1 Å². The number of rotatable bonds is 6. The second-order valence-corrected chi connectivity index (χ2v) is 3.65. The van der Waals surface area contributed by atoms with Crippen molar-refractivity contribution in [3.05, 3.63) is 34.9 Å². The molecule has 15 heavy (non-hydrogen) atoms. The molecule has 0 aliphatic carbocycles. The summed E-state index contributed by atoms with van der Waals surface area (Å²) in [6.07, 6.45) is 1.06. The Labute approximate surface area is 94.2 Å². The van der Waals surface area contributed by atoms with Crippen LogP contribution in [0.4, 0.5) is 0 Å². The van der Waals surface area contributed by atoms with Gasteiger partial charge in [-0.05, 0) is 24.1 Å². The van der Waals surface area contributed by atoms with E-state index in [0.29, 0.717) is 13.2 Å². The SMILES string of the molecule is NC(=O)CCOCCc1cccc(Cl)c1. The van der Waals surface area contributed by atoms with Crippen LogP contribution in [0.15, 0.2) is 24.3 Å². The second kappa shape index (κ2) is 6.43. The number of nitrogens with two attached hydrogens (primary N) is 1. The van der Waals surface area contributed by atoms with Crippen LogP contribution < -0.4 is 5.73 Å². The molecule has 0 aliphatic heterocycles. The lowest BCUT2D eigenvalue weighted by Gasteiger charge is -2.03. The van der Waals surface area contributed by atoms with E-state index in [0.717, 1.165) is 17.0 Å². The Morgan fingerprint density at radius 3 is 2.87 bits per heavy atom. The number of hydrogen-bond donors (Lipinski definition) is 1. The Morgan fingerprint density at radius 2 is 2.20 bits per heavy atom. The van der Waals surface area contributed by atoms with Gasteiger partial charge >= 0.3 is 0 Å². The first kappa shape index (κ1) is 12.0. The van der Waals surface area contributed by atoms with Crippen LogP contribution >= 0.6 is 11.6 Å². The van der Waals surface area contributed by atoms with Crippen LogP contribution in [0.1, 0.15) is 12.0 Å². The minimum atomic E-state index is -0.335. The highest BCUT2D eigenvalue weighted by Crippen LogP contribution is 2.10. The first-order valence-electron chi connectivity index (χ1n) is 4.79. The summed E-state index contributed by atoms with van der Waals surface area (Å²) < 4.78 is 5.24. The Bertz CT molecular complexity index is 328. The minimum Gasteiger partial charge on any atom is -0.381 e. The van der Waals surface area contributed by atoms with Gasteiger partial charge in [0, 0.05) is 11.4 Å². The van der Waals surface area contributed by atoms with Crippen molar-refractivity contribution in [3.63, 3.8) is 0 Å². The fourth-order valence-corrected chi connectivity index (χ4v) is 1.37. The first-order chi connectivity index (χ1) is 7.18. The predicted molar refractivity (Wildman–Crippen MR) is 59.8 cm³/mol. The number of amides is 1. The monoisotopic (exact) mass is 227 g/mol. The highest BCUT2D eigenvalue weighted by atomic mass is 35.5. The van der Waals surface area contributed by atoms with Crippen LogP contribution in [0.2, 0.25) is 5.02 Å². The zero-order valence-corrected chi connectivity index (χ0v) is 9.17. The fraction of sp³-hybridized carbons (Fsp3) is 0.364. The third-order valence-corrected chi connectivity index (χ3v) is 2.15. The zero-order chi connectivity index (χ0) is 11.1. The summed E-state index contributed by atoms with van der Waals surface area (Å²) in [5.41, 5.74) is 6.10. The Kier molecular flexibility index (Phi) is 5.15. The van der Waals surface area contributed by atoms with Crippen LogP contribution in [0.25, 0.3) is 0 Å². The molecule has 0 aliphatic rings. The first-order valence-corrected chi connectivity index (χ1v) is 5.17. The minimum absolute atomic E-state index is 0.273. The second-order valence-electron chi connectivity index (χ2n) is 3.21. The van der Waals surface area contributed by atoms with Crippen molar-refractivity contribution in [2.24, 2.45) is 5.73 Å². The number of carbonyl (C=O) groups is 1. The summed E-state index contributed by atoms with van der Waals surface area (Å²) in [7, 11) is 0. The molecule has 0 fully saturated rings. The van der Waals surface area contributed by atoms with E-state index in [9.17, 15) is 4.79 Å². The van der Waals surface area contributed by atoms with E-state index < -0.39 is 0 Å². The Hall–Kier alpha value is -1.06. The van der Waals surface area contributed by atoms with E-state index in [1.54, 1.807) is 0 Å². The van der Waals surface area contributed by atoms with Gasteiger partial charge in [0.25, 0.3) is 0 Å². The topological polar surface area (TPSA) is 52.3 Å². The van der Waals surface area contributed by atoms with Crippen molar-refractivity contribution in [2.75, 3.05) is 13.2 Å². The highest BCUT2D eigenvalue weighted by Gasteiger charge is 1.96. The summed E-state index contributed by atoms with van der Waals surface area (Å²) in [6.45, 7) is 0.962. The third-order valence-electron chi connectivity index (χ3n) is 1.92. The van der Waals surface area contributed by atoms with Gasteiger partial charge in [-0.2, -0.15) is 0 Å². The van der Waals surface area contributed by atoms with Crippen LogP contribution in [-0.2, 0) is 16.0 Å². The van der Waals surface area contributed by atoms with Crippen molar-refractivity contribution in [3.8, 4) is 0 Å². The standard InChI is InChI=1S/C11H14ClNO2/c12-10-3-1-2-9(8-10)4-6-15-7-5-11(13)14/h1-3,8H,4-7H2,(H2,13,14). The van der Waals surface area contributed by atoms with Gasteiger partial charge in [0.15, 0.2) is 0 Å². The summed E-state index contributed by atoms with van der Waals surface area (Å²) in [6, 6.07) is 7.63. The number of halogens is 1. The number of benzene rings is 1. The molecule has 1 rings (SSSR count). The number of ether oxygens (including phenoxy) is 1. The van der Waals surface area contributed by atoms with Crippen molar-refractivity contribution in [1.82, 2.24) is 0 Å². The molecule has 0 unspecified atom stereocenters. The quantitative estimate of drug-likeness (QED) is 0.754. The average molecular weight is 228 g/mol. The molecule has 2 N–H and O–H groups in total. The number of carbonyl (C=O) groups excluding carboxylic acids is 1. The molecule has 0 radical (unpaired) electrons. The van der Waals surface area contributed by atoms with Crippen molar-refractivity contribution in [2.45, 2.75) is 12.8 Å². The molecule has 0 saturated carbocycles. The van der Waals surface area contributed by atoms with Gasteiger partial charge in [-0.3, -0.25) is 4.79 Å². The molecule has 0 bridgehead atoms. The maximum absolute atomic E-state index is 10.4. The Morgan fingerprint density at radius 1 is 1.40 bits per heavy atom.